The fourth-order valence-electron chi connectivity index (χ4n) is 1.18. The molecule has 0 amide bonds. The Morgan fingerprint density at radius 1 is 1.31 bits per heavy atom. The predicted molar refractivity (Wildman–Crippen MR) is 64.5 cm³/mol. The van der Waals surface area contributed by atoms with Crippen LogP contribution >= 0.6 is 0 Å². The number of hydrogen-bond donors (Lipinski definition) is 1. The van der Waals surface area contributed by atoms with E-state index in [4.69, 9.17) is 15.2 Å². The van der Waals surface area contributed by atoms with Crippen molar-refractivity contribution in [1.82, 2.24) is 4.98 Å². The third-order valence-electron chi connectivity index (χ3n) is 1.95. The third-order valence-corrected chi connectivity index (χ3v) is 1.95. The van der Waals surface area contributed by atoms with Gasteiger partial charge in [0.2, 0.25) is 5.88 Å². The fraction of sp³-hybridized carbons (Fsp3) is 0.583. The maximum Gasteiger partial charge on any atom is 0.237 e. The number of nitrogens with zero attached hydrogens (tertiary/aromatic N) is 1. The minimum atomic E-state index is 0.480. The molecule has 0 aliphatic rings. The smallest absolute Gasteiger partial charge is 0.237 e. The van der Waals surface area contributed by atoms with Crippen LogP contribution in [0.4, 0.5) is 5.69 Å². The Balaban J connectivity index is 2.29. The van der Waals surface area contributed by atoms with Gasteiger partial charge in [0.15, 0.2) is 0 Å². The van der Waals surface area contributed by atoms with Crippen molar-refractivity contribution in [1.29, 1.82) is 0 Å². The second kappa shape index (κ2) is 6.33. The highest BCUT2D eigenvalue weighted by Gasteiger charge is 2.02. The molecule has 0 aromatic carbocycles. The van der Waals surface area contributed by atoms with Gasteiger partial charge < -0.3 is 15.2 Å². The van der Waals surface area contributed by atoms with Crippen LogP contribution in [0.3, 0.4) is 0 Å². The van der Waals surface area contributed by atoms with Crippen LogP contribution in [0, 0.1) is 12.8 Å². The summed E-state index contributed by atoms with van der Waals surface area (Å²) in [6, 6.07) is 3.66. The first kappa shape index (κ1) is 12.8. The average molecular weight is 224 g/mol. The second-order valence-corrected chi connectivity index (χ2v) is 4.16. The van der Waals surface area contributed by atoms with E-state index in [-0.39, 0.29) is 0 Å². The summed E-state index contributed by atoms with van der Waals surface area (Å²) in [4.78, 5) is 4.20. The highest BCUT2D eigenvalue weighted by molar-refractivity contribution is 5.48. The van der Waals surface area contributed by atoms with E-state index in [0.29, 0.717) is 30.7 Å². The lowest BCUT2D eigenvalue weighted by Crippen LogP contribution is -2.11. The Kier molecular flexibility index (Phi) is 5.05. The van der Waals surface area contributed by atoms with Crippen molar-refractivity contribution in [3.63, 3.8) is 0 Å². The zero-order chi connectivity index (χ0) is 12.0. The number of nitrogen functional groups attached to an aromatic ring is 1. The summed E-state index contributed by atoms with van der Waals surface area (Å²) in [6.07, 6.45) is 0. The number of anilines is 1. The Morgan fingerprint density at radius 2 is 2.06 bits per heavy atom. The van der Waals surface area contributed by atoms with E-state index in [1.807, 2.05) is 13.0 Å². The molecular weight excluding hydrogens is 204 g/mol. The first-order valence-electron chi connectivity index (χ1n) is 5.53. The quantitative estimate of drug-likeness (QED) is 0.751. The van der Waals surface area contributed by atoms with E-state index < -0.39 is 0 Å². The molecule has 0 spiro atoms. The van der Waals surface area contributed by atoms with Crippen molar-refractivity contribution >= 4 is 5.69 Å². The Labute approximate surface area is 96.8 Å². The maximum atomic E-state index is 5.72. The number of aryl methyl sites for hydroxylation is 1. The standard InChI is InChI=1S/C12H20N2O2/c1-9(2)8-15-6-7-16-12-11(13)5-4-10(3)14-12/h4-5,9H,6-8,13H2,1-3H3. The van der Waals surface area contributed by atoms with Gasteiger partial charge in [0.05, 0.1) is 12.3 Å². The molecule has 0 unspecified atom stereocenters. The molecule has 0 saturated carbocycles. The van der Waals surface area contributed by atoms with Gasteiger partial charge in [0.1, 0.15) is 6.61 Å². The minimum absolute atomic E-state index is 0.480. The van der Waals surface area contributed by atoms with Crippen molar-refractivity contribution in [2.45, 2.75) is 20.8 Å². The van der Waals surface area contributed by atoms with Crippen LogP contribution in [0.25, 0.3) is 0 Å². The number of ether oxygens (including phenoxy) is 2. The molecule has 0 saturated heterocycles. The summed E-state index contributed by atoms with van der Waals surface area (Å²) in [7, 11) is 0. The summed E-state index contributed by atoms with van der Waals surface area (Å²) >= 11 is 0. The van der Waals surface area contributed by atoms with Crippen molar-refractivity contribution in [3.8, 4) is 5.88 Å². The lowest BCUT2D eigenvalue weighted by Gasteiger charge is -2.09. The molecule has 1 aromatic rings. The SMILES string of the molecule is Cc1ccc(N)c(OCCOCC(C)C)n1. The van der Waals surface area contributed by atoms with Crippen LogP contribution in [0.5, 0.6) is 5.88 Å². The van der Waals surface area contributed by atoms with Crippen molar-refractivity contribution in [3.05, 3.63) is 17.8 Å². The first-order chi connectivity index (χ1) is 7.59. The summed E-state index contributed by atoms with van der Waals surface area (Å²) in [5, 5.41) is 0. The monoisotopic (exact) mass is 224 g/mol. The Morgan fingerprint density at radius 3 is 2.75 bits per heavy atom. The molecule has 1 heterocycles. The van der Waals surface area contributed by atoms with Gasteiger partial charge in [-0.15, -0.1) is 0 Å². The highest BCUT2D eigenvalue weighted by atomic mass is 16.5. The third kappa shape index (κ3) is 4.49. The molecule has 1 rings (SSSR count). The molecule has 0 aliphatic heterocycles. The molecule has 4 heteroatoms. The van der Waals surface area contributed by atoms with E-state index in [1.54, 1.807) is 6.07 Å². The maximum absolute atomic E-state index is 5.72. The second-order valence-electron chi connectivity index (χ2n) is 4.16. The van der Waals surface area contributed by atoms with E-state index >= 15 is 0 Å². The van der Waals surface area contributed by atoms with E-state index in [9.17, 15) is 0 Å². The van der Waals surface area contributed by atoms with Crippen LogP contribution in [0.1, 0.15) is 19.5 Å². The summed E-state index contributed by atoms with van der Waals surface area (Å²) in [6.45, 7) is 7.92. The number of nitrogens with two attached hydrogens (primary N) is 1. The zero-order valence-electron chi connectivity index (χ0n) is 10.2. The van der Waals surface area contributed by atoms with Gasteiger partial charge in [-0.05, 0) is 25.0 Å². The molecule has 2 N–H and O–H groups in total. The van der Waals surface area contributed by atoms with Crippen molar-refractivity contribution in [2.75, 3.05) is 25.6 Å². The van der Waals surface area contributed by atoms with Gasteiger partial charge in [-0.2, -0.15) is 0 Å². The molecule has 0 aliphatic carbocycles. The first-order valence-corrected chi connectivity index (χ1v) is 5.53. The van der Waals surface area contributed by atoms with Gasteiger partial charge in [0.25, 0.3) is 0 Å². The van der Waals surface area contributed by atoms with Crippen LogP contribution in [-0.2, 0) is 4.74 Å². The van der Waals surface area contributed by atoms with E-state index in [1.165, 1.54) is 0 Å². The Bertz CT molecular complexity index is 327. The fourth-order valence-corrected chi connectivity index (χ4v) is 1.18. The van der Waals surface area contributed by atoms with Gasteiger partial charge in [0, 0.05) is 12.3 Å². The van der Waals surface area contributed by atoms with Gasteiger partial charge >= 0.3 is 0 Å². The normalized spacial score (nSPS) is 10.8. The van der Waals surface area contributed by atoms with Crippen LogP contribution in [-0.4, -0.2) is 24.8 Å². The summed E-state index contributed by atoms with van der Waals surface area (Å²) < 4.78 is 10.8. The molecule has 90 valence electrons. The molecular formula is C12H20N2O2. The number of aromatic nitrogens is 1. The van der Waals surface area contributed by atoms with Crippen LogP contribution in [0.2, 0.25) is 0 Å². The van der Waals surface area contributed by atoms with Gasteiger partial charge in [-0.1, -0.05) is 13.8 Å². The lowest BCUT2D eigenvalue weighted by molar-refractivity contribution is 0.0808. The van der Waals surface area contributed by atoms with Crippen LogP contribution in [0.15, 0.2) is 12.1 Å². The van der Waals surface area contributed by atoms with Crippen molar-refractivity contribution in [2.24, 2.45) is 5.92 Å². The highest BCUT2D eigenvalue weighted by Crippen LogP contribution is 2.17. The predicted octanol–water partition coefficient (Wildman–Crippen LogP) is 2.02. The molecule has 0 fully saturated rings. The van der Waals surface area contributed by atoms with Gasteiger partial charge in [-0.25, -0.2) is 4.98 Å². The largest absolute Gasteiger partial charge is 0.474 e. The zero-order valence-corrected chi connectivity index (χ0v) is 10.2. The molecule has 1 aromatic heterocycles. The molecule has 16 heavy (non-hydrogen) atoms. The Hall–Kier alpha value is -1.29. The topological polar surface area (TPSA) is 57.4 Å². The molecule has 0 radical (unpaired) electrons. The summed E-state index contributed by atoms with van der Waals surface area (Å²) in [5.74, 6) is 1.04. The van der Waals surface area contributed by atoms with Crippen molar-refractivity contribution < 1.29 is 9.47 Å². The number of hydrogen-bond acceptors (Lipinski definition) is 4. The molecule has 0 atom stereocenters. The van der Waals surface area contributed by atoms with E-state index in [2.05, 4.69) is 18.8 Å². The van der Waals surface area contributed by atoms with Gasteiger partial charge in [-0.3, -0.25) is 0 Å². The molecule has 4 nitrogen and oxygen atoms in total. The average Bonchev–Trinajstić information content (AvgIpc) is 2.22. The lowest BCUT2D eigenvalue weighted by atomic mass is 10.2. The van der Waals surface area contributed by atoms with E-state index in [0.717, 1.165) is 12.3 Å². The molecule has 0 bridgehead atoms. The number of rotatable bonds is 6. The van der Waals surface area contributed by atoms with Crippen LogP contribution < -0.4 is 10.5 Å². The number of pyridine rings is 1. The summed E-state index contributed by atoms with van der Waals surface area (Å²) in [5.41, 5.74) is 7.18. The minimum Gasteiger partial charge on any atom is -0.474 e.